The molecule has 7 nitrogen and oxygen atoms in total. The molecular weight excluding hydrogens is 536 g/mol. The van der Waals surface area contributed by atoms with Crippen LogP contribution in [-0.4, -0.2) is 69.6 Å². The summed E-state index contributed by atoms with van der Waals surface area (Å²) >= 11 is 8.22. The number of ether oxygens (including phenoxy) is 1. The van der Waals surface area contributed by atoms with Gasteiger partial charge in [0.2, 0.25) is 5.91 Å². The highest BCUT2D eigenvalue weighted by atomic mass is 35.5. The summed E-state index contributed by atoms with van der Waals surface area (Å²) in [5.41, 5.74) is 1.41. The molecule has 7 atom stereocenters. The van der Waals surface area contributed by atoms with E-state index in [0.717, 1.165) is 12.0 Å². The van der Waals surface area contributed by atoms with Gasteiger partial charge in [-0.2, -0.15) is 0 Å². The third-order valence-corrected chi connectivity index (χ3v) is 11.0. The number of thioether (sulfide) groups is 1. The molecule has 212 valence electrons. The number of hydrogen-bond donors (Lipinski definition) is 1. The number of halogens is 1. The monoisotopic (exact) mass is 574 g/mol. The van der Waals surface area contributed by atoms with Crippen LogP contribution < -0.4 is 4.90 Å². The Labute approximate surface area is 240 Å². The van der Waals surface area contributed by atoms with Crippen LogP contribution >= 0.6 is 23.4 Å². The lowest BCUT2D eigenvalue weighted by Crippen LogP contribution is -2.59. The summed E-state index contributed by atoms with van der Waals surface area (Å²) in [4.78, 5) is 45.6. The largest absolute Gasteiger partial charge is 0.465 e. The fourth-order valence-electron chi connectivity index (χ4n) is 6.84. The number of amides is 2. The minimum atomic E-state index is -0.869. The molecule has 3 saturated heterocycles. The molecule has 1 aromatic carbocycles. The summed E-state index contributed by atoms with van der Waals surface area (Å²) in [5.74, 6) is -2.23. The van der Waals surface area contributed by atoms with Crippen molar-refractivity contribution in [3.63, 3.8) is 0 Å². The zero-order chi connectivity index (χ0) is 28.5. The molecule has 0 radical (unpaired) electrons. The molecule has 2 bridgehead atoms. The van der Waals surface area contributed by atoms with Crippen molar-refractivity contribution in [3.8, 4) is 0 Å². The zero-order valence-electron chi connectivity index (χ0n) is 23.0. The molecular formula is C30H39ClN2O5S. The summed E-state index contributed by atoms with van der Waals surface area (Å²) in [6, 6.07) is 4.04. The standard InChI is InChI=1S/C30H39ClN2O5S/c1-6-9-10-15-38-29(37)23-22-16-19(5)30(39-22)24(23)27(35)33(20(8-3)17-34)26(30)28(36)32(14-7-2)25-18(4)12-11-13-21(25)31/h6-7,11-13,19-20,22-24,26,34H,1-2,8-10,14-17H2,3-5H3/t19?,20-,22+,23-,24-,26?,30?/m0/s1. The molecule has 1 N–H and O–H groups in total. The van der Waals surface area contributed by atoms with Gasteiger partial charge >= 0.3 is 5.97 Å². The fraction of sp³-hybridized carbons (Fsp3) is 0.567. The number of nitrogens with zero attached hydrogens (tertiary/aromatic N) is 2. The van der Waals surface area contributed by atoms with E-state index in [-0.39, 0.29) is 48.7 Å². The van der Waals surface area contributed by atoms with Crippen LogP contribution in [-0.2, 0) is 19.1 Å². The number of fused-ring (bicyclic) bond motifs is 1. The maximum Gasteiger partial charge on any atom is 0.310 e. The second kappa shape index (κ2) is 12.1. The fourth-order valence-corrected chi connectivity index (χ4v) is 9.56. The first kappa shape index (κ1) is 29.7. The number of carbonyl (C=O) groups excluding carboxylic acids is 3. The molecule has 3 aliphatic rings. The zero-order valence-corrected chi connectivity index (χ0v) is 24.5. The number of rotatable bonds is 12. The number of aliphatic hydroxyl groups excluding tert-OH is 1. The number of allylic oxidation sites excluding steroid dienone is 1. The lowest BCUT2D eigenvalue weighted by molar-refractivity contribution is -0.155. The van der Waals surface area contributed by atoms with Crippen LogP contribution in [0.25, 0.3) is 0 Å². The first-order valence-corrected chi connectivity index (χ1v) is 15.0. The number of esters is 1. The maximum absolute atomic E-state index is 14.7. The van der Waals surface area contributed by atoms with Gasteiger partial charge in [0, 0.05) is 11.8 Å². The Hall–Kier alpha value is -2.29. The van der Waals surface area contributed by atoms with Crippen LogP contribution in [0.1, 0.15) is 45.1 Å². The highest BCUT2D eigenvalue weighted by Crippen LogP contribution is 2.69. The van der Waals surface area contributed by atoms with Gasteiger partial charge in [-0.1, -0.05) is 49.7 Å². The van der Waals surface area contributed by atoms with Gasteiger partial charge in [0.25, 0.3) is 5.91 Å². The lowest BCUT2D eigenvalue weighted by Gasteiger charge is -2.42. The Bertz CT molecular complexity index is 1120. The van der Waals surface area contributed by atoms with E-state index in [2.05, 4.69) is 20.1 Å². The van der Waals surface area contributed by atoms with E-state index in [1.54, 1.807) is 39.8 Å². The molecule has 4 rings (SSSR count). The van der Waals surface area contributed by atoms with Crippen molar-refractivity contribution in [3.05, 3.63) is 54.1 Å². The maximum atomic E-state index is 14.7. The highest BCUT2D eigenvalue weighted by molar-refractivity contribution is 8.02. The number of anilines is 1. The summed E-state index contributed by atoms with van der Waals surface area (Å²) in [5, 5.41) is 10.6. The van der Waals surface area contributed by atoms with Crippen LogP contribution in [0.4, 0.5) is 5.69 Å². The van der Waals surface area contributed by atoms with Crippen molar-refractivity contribution in [2.24, 2.45) is 17.8 Å². The molecule has 0 aromatic heterocycles. The third kappa shape index (κ3) is 4.82. The van der Waals surface area contributed by atoms with Crippen molar-refractivity contribution >= 4 is 46.8 Å². The number of aliphatic hydroxyl groups is 1. The minimum Gasteiger partial charge on any atom is -0.465 e. The van der Waals surface area contributed by atoms with Gasteiger partial charge in [0.1, 0.15) is 6.04 Å². The Kier molecular flexibility index (Phi) is 9.19. The average Bonchev–Trinajstić information content (AvgIpc) is 3.50. The minimum absolute atomic E-state index is 0.000613. The van der Waals surface area contributed by atoms with Crippen molar-refractivity contribution in [1.29, 1.82) is 0 Å². The molecule has 9 heteroatoms. The SMILES string of the molecule is C=CCCCOC(=O)[C@@H]1[C@H]2C(=O)N([C@@H](CC)CO)C(C(=O)N(CC=C)c3c(C)cccc3Cl)C23S[C@@H]1CC3C. The Balaban J connectivity index is 1.80. The Morgan fingerprint density at radius 3 is 2.72 bits per heavy atom. The molecule has 1 aromatic rings. The Morgan fingerprint density at radius 1 is 1.36 bits per heavy atom. The summed E-state index contributed by atoms with van der Waals surface area (Å²) in [7, 11) is 0. The number of carbonyl (C=O) groups is 3. The van der Waals surface area contributed by atoms with Crippen molar-refractivity contribution in [2.75, 3.05) is 24.7 Å². The molecule has 0 aliphatic carbocycles. The number of para-hydroxylation sites is 1. The van der Waals surface area contributed by atoms with Crippen molar-refractivity contribution in [1.82, 2.24) is 4.90 Å². The van der Waals surface area contributed by atoms with Gasteiger partial charge in [0.05, 0.1) is 46.5 Å². The predicted molar refractivity (Wildman–Crippen MR) is 156 cm³/mol. The van der Waals surface area contributed by atoms with Gasteiger partial charge in [-0.3, -0.25) is 14.4 Å². The van der Waals surface area contributed by atoms with Crippen molar-refractivity contribution < 1.29 is 24.2 Å². The second-order valence-corrected chi connectivity index (χ2v) is 12.7. The van der Waals surface area contributed by atoms with Gasteiger partial charge < -0.3 is 19.6 Å². The topological polar surface area (TPSA) is 87.1 Å². The number of likely N-dealkylation sites (tertiary alicyclic amines) is 1. The number of hydrogen-bond acceptors (Lipinski definition) is 6. The van der Waals surface area contributed by atoms with Gasteiger partial charge in [-0.05, 0) is 50.2 Å². The first-order valence-electron chi connectivity index (χ1n) is 13.7. The average molecular weight is 575 g/mol. The normalized spacial score (nSPS) is 29.7. The van der Waals surface area contributed by atoms with E-state index in [1.807, 2.05) is 26.0 Å². The molecule has 3 unspecified atom stereocenters. The van der Waals surface area contributed by atoms with E-state index < -0.39 is 28.7 Å². The van der Waals surface area contributed by atoms with Gasteiger partial charge in [-0.25, -0.2) is 0 Å². The second-order valence-electron chi connectivity index (χ2n) is 10.8. The number of benzene rings is 1. The molecule has 39 heavy (non-hydrogen) atoms. The van der Waals surface area contributed by atoms with Gasteiger partial charge in [-0.15, -0.1) is 24.9 Å². The summed E-state index contributed by atoms with van der Waals surface area (Å²) in [6.45, 7) is 13.6. The van der Waals surface area contributed by atoms with E-state index >= 15 is 0 Å². The van der Waals surface area contributed by atoms with E-state index in [1.165, 1.54) is 0 Å². The quantitative estimate of drug-likeness (QED) is 0.219. The highest BCUT2D eigenvalue weighted by Gasteiger charge is 2.77. The van der Waals surface area contributed by atoms with Crippen LogP contribution in [0.3, 0.4) is 0 Å². The predicted octanol–water partition coefficient (Wildman–Crippen LogP) is 4.78. The van der Waals surface area contributed by atoms with E-state index in [4.69, 9.17) is 16.3 Å². The lowest BCUT2D eigenvalue weighted by atomic mass is 9.66. The number of unbranched alkanes of at least 4 members (excludes halogenated alkanes) is 1. The molecule has 3 heterocycles. The number of aryl methyl sites for hydroxylation is 1. The molecule has 2 amide bonds. The van der Waals surface area contributed by atoms with Crippen LogP contribution in [0.15, 0.2) is 43.5 Å². The van der Waals surface area contributed by atoms with E-state index in [0.29, 0.717) is 30.0 Å². The molecule has 0 saturated carbocycles. The molecule has 3 fully saturated rings. The molecule has 3 aliphatic heterocycles. The van der Waals surface area contributed by atoms with Crippen LogP contribution in [0.5, 0.6) is 0 Å². The van der Waals surface area contributed by atoms with E-state index in [9.17, 15) is 19.5 Å². The molecule has 1 spiro atoms. The van der Waals surface area contributed by atoms with Crippen molar-refractivity contribution in [2.45, 2.75) is 68.5 Å². The first-order chi connectivity index (χ1) is 18.7. The third-order valence-electron chi connectivity index (χ3n) is 8.60. The summed E-state index contributed by atoms with van der Waals surface area (Å²) < 4.78 is 4.84. The Morgan fingerprint density at radius 2 is 2.10 bits per heavy atom. The van der Waals surface area contributed by atoms with Gasteiger partial charge in [0.15, 0.2) is 0 Å². The summed E-state index contributed by atoms with van der Waals surface area (Å²) in [6.07, 6.45) is 6.01. The van der Waals surface area contributed by atoms with Crippen LogP contribution in [0, 0.1) is 24.7 Å². The smallest absolute Gasteiger partial charge is 0.310 e. The van der Waals surface area contributed by atoms with Crippen LogP contribution in [0.2, 0.25) is 5.02 Å².